The fourth-order valence-corrected chi connectivity index (χ4v) is 1.23. The molecule has 0 radical (unpaired) electrons. The third kappa shape index (κ3) is 1.86. The van der Waals surface area contributed by atoms with E-state index in [0.29, 0.717) is 18.0 Å². The Kier molecular flexibility index (Phi) is 3.43. The third-order valence-corrected chi connectivity index (χ3v) is 1.95. The molecule has 0 aliphatic carbocycles. The summed E-state index contributed by atoms with van der Waals surface area (Å²) >= 11 is 0. The van der Waals surface area contributed by atoms with Crippen molar-refractivity contribution in [2.24, 2.45) is 0 Å². The Bertz CT molecular complexity index is 319. The highest BCUT2D eigenvalue weighted by molar-refractivity contribution is 5.85. The molecule has 0 fully saturated rings. The quantitative estimate of drug-likeness (QED) is 0.770. The van der Waals surface area contributed by atoms with Gasteiger partial charge in [0.05, 0.1) is 5.69 Å². The molecule has 0 bridgehead atoms. The molecule has 1 N–H and O–H groups in total. The minimum absolute atomic E-state index is 0. The molecule has 0 saturated heterocycles. The van der Waals surface area contributed by atoms with E-state index in [2.05, 4.69) is 0 Å². The number of halogens is 1. The fraction of sp³-hybridized carbons (Fsp3) is 0.333. The van der Waals surface area contributed by atoms with Crippen molar-refractivity contribution < 1.29 is 14.7 Å². The number of nitrogens with zero attached hydrogens (tertiary/aromatic N) is 1. The van der Waals surface area contributed by atoms with Gasteiger partial charge in [-0.3, -0.25) is 10.3 Å². The summed E-state index contributed by atoms with van der Waals surface area (Å²) in [6.07, 6.45) is 0. The molecule has 1 aromatic carbocycles. The van der Waals surface area contributed by atoms with Gasteiger partial charge in [-0.15, -0.1) is 12.4 Å². The molecule has 5 heteroatoms. The molecule has 2 rings (SSSR count). The first-order valence-corrected chi connectivity index (χ1v) is 4.17. The van der Waals surface area contributed by atoms with Crippen LogP contribution in [-0.2, 0) is 0 Å². The zero-order chi connectivity index (χ0) is 9.26. The lowest BCUT2D eigenvalue weighted by molar-refractivity contribution is 0.174. The Morgan fingerprint density at radius 1 is 1.36 bits per heavy atom. The molecule has 0 atom stereocenters. The molecule has 0 spiro atoms. The van der Waals surface area contributed by atoms with E-state index in [1.807, 2.05) is 6.92 Å². The molecule has 1 heterocycles. The highest BCUT2D eigenvalue weighted by atomic mass is 35.5. The monoisotopic (exact) mass is 217 g/mol. The Hall–Kier alpha value is -1.13. The summed E-state index contributed by atoms with van der Waals surface area (Å²) in [5.41, 5.74) is 0.715. The van der Waals surface area contributed by atoms with E-state index >= 15 is 0 Å². The Balaban J connectivity index is 0.000000980. The van der Waals surface area contributed by atoms with Crippen LogP contribution < -0.4 is 14.5 Å². The second-order valence-corrected chi connectivity index (χ2v) is 2.75. The van der Waals surface area contributed by atoms with Crippen molar-refractivity contribution in [3.8, 4) is 11.5 Å². The van der Waals surface area contributed by atoms with Gasteiger partial charge in [-0.25, -0.2) is 0 Å². The van der Waals surface area contributed by atoms with E-state index < -0.39 is 0 Å². The van der Waals surface area contributed by atoms with E-state index in [1.54, 1.807) is 18.2 Å². The minimum Gasteiger partial charge on any atom is -0.454 e. The first-order valence-electron chi connectivity index (χ1n) is 4.17. The van der Waals surface area contributed by atoms with Gasteiger partial charge in [0.15, 0.2) is 11.5 Å². The van der Waals surface area contributed by atoms with Crippen molar-refractivity contribution in [2.75, 3.05) is 18.4 Å². The second-order valence-electron chi connectivity index (χ2n) is 2.75. The molecule has 1 aliphatic rings. The van der Waals surface area contributed by atoms with Crippen molar-refractivity contribution >= 4 is 18.1 Å². The van der Waals surface area contributed by atoms with Crippen molar-refractivity contribution in [1.29, 1.82) is 0 Å². The molecule has 78 valence electrons. The lowest BCUT2D eigenvalue weighted by Gasteiger charge is -2.14. The van der Waals surface area contributed by atoms with E-state index in [-0.39, 0.29) is 19.2 Å². The predicted octanol–water partition coefficient (Wildman–Crippen LogP) is 2.05. The fourth-order valence-electron chi connectivity index (χ4n) is 1.23. The van der Waals surface area contributed by atoms with Crippen molar-refractivity contribution in [2.45, 2.75) is 6.92 Å². The van der Waals surface area contributed by atoms with E-state index in [9.17, 15) is 5.21 Å². The maximum absolute atomic E-state index is 9.40. The maximum atomic E-state index is 9.40. The number of ether oxygens (including phenoxy) is 2. The van der Waals surface area contributed by atoms with Gasteiger partial charge in [0.2, 0.25) is 6.79 Å². The molecular weight excluding hydrogens is 206 g/mol. The molecule has 0 amide bonds. The van der Waals surface area contributed by atoms with Crippen molar-refractivity contribution in [1.82, 2.24) is 0 Å². The lowest BCUT2D eigenvalue weighted by Crippen LogP contribution is -2.16. The number of benzene rings is 1. The first kappa shape index (κ1) is 10.9. The van der Waals surface area contributed by atoms with Crippen LogP contribution in [0.1, 0.15) is 6.92 Å². The van der Waals surface area contributed by atoms with Gasteiger partial charge < -0.3 is 9.47 Å². The third-order valence-electron chi connectivity index (χ3n) is 1.95. The molecule has 0 saturated carbocycles. The van der Waals surface area contributed by atoms with Gasteiger partial charge >= 0.3 is 0 Å². The first-order chi connectivity index (χ1) is 6.31. The Labute approximate surface area is 88.4 Å². The average molecular weight is 218 g/mol. The van der Waals surface area contributed by atoms with Crippen molar-refractivity contribution in [3.05, 3.63) is 18.2 Å². The number of hydrogen-bond donors (Lipinski definition) is 1. The number of hydrogen-bond acceptors (Lipinski definition) is 4. The summed E-state index contributed by atoms with van der Waals surface area (Å²) in [6, 6.07) is 5.33. The molecule has 1 aromatic rings. The molecule has 0 unspecified atom stereocenters. The average Bonchev–Trinajstić information content (AvgIpc) is 2.63. The molecule has 1 aliphatic heterocycles. The van der Waals surface area contributed by atoms with Gasteiger partial charge in [-0.1, -0.05) is 0 Å². The molecule has 14 heavy (non-hydrogen) atoms. The van der Waals surface area contributed by atoms with E-state index in [4.69, 9.17) is 9.47 Å². The van der Waals surface area contributed by atoms with Crippen LogP contribution in [0.2, 0.25) is 0 Å². The molecular formula is C9H12ClNO3. The Morgan fingerprint density at radius 3 is 2.79 bits per heavy atom. The lowest BCUT2D eigenvalue weighted by atomic mass is 10.3. The van der Waals surface area contributed by atoms with Crippen molar-refractivity contribution in [3.63, 3.8) is 0 Å². The number of rotatable bonds is 2. The minimum atomic E-state index is 0. The number of anilines is 1. The SMILES string of the molecule is CCN(O)c1ccc2c(c1)OCO2.Cl. The smallest absolute Gasteiger partial charge is 0.231 e. The maximum Gasteiger partial charge on any atom is 0.231 e. The Morgan fingerprint density at radius 2 is 2.07 bits per heavy atom. The summed E-state index contributed by atoms with van der Waals surface area (Å²) in [5, 5.41) is 10.6. The van der Waals surface area contributed by atoms with E-state index in [1.165, 1.54) is 0 Å². The summed E-state index contributed by atoms with van der Waals surface area (Å²) in [6.45, 7) is 2.67. The predicted molar refractivity (Wildman–Crippen MR) is 54.6 cm³/mol. The van der Waals surface area contributed by atoms with Crippen LogP contribution in [0.3, 0.4) is 0 Å². The normalized spacial score (nSPS) is 12.1. The van der Waals surface area contributed by atoms with Gasteiger partial charge in [-0.2, -0.15) is 0 Å². The largest absolute Gasteiger partial charge is 0.454 e. The standard InChI is InChI=1S/C9H11NO3.ClH/c1-2-10(11)7-3-4-8-9(5-7)13-6-12-8;/h3-5,11H,2,6H2,1H3;1H. The zero-order valence-corrected chi connectivity index (χ0v) is 8.58. The van der Waals surface area contributed by atoms with Gasteiger partial charge in [0.25, 0.3) is 0 Å². The topological polar surface area (TPSA) is 41.9 Å². The van der Waals surface area contributed by atoms with Crippen LogP contribution in [0.25, 0.3) is 0 Å². The van der Waals surface area contributed by atoms with Gasteiger partial charge in [-0.05, 0) is 19.1 Å². The van der Waals surface area contributed by atoms with Gasteiger partial charge in [0, 0.05) is 12.6 Å². The van der Waals surface area contributed by atoms with Crippen LogP contribution in [-0.4, -0.2) is 18.5 Å². The van der Waals surface area contributed by atoms with Crippen LogP contribution in [0.5, 0.6) is 11.5 Å². The van der Waals surface area contributed by atoms with Gasteiger partial charge in [0.1, 0.15) is 0 Å². The number of fused-ring (bicyclic) bond motifs is 1. The van der Waals surface area contributed by atoms with Crippen LogP contribution in [0.4, 0.5) is 5.69 Å². The molecule has 4 nitrogen and oxygen atoms in total. The van der Waals surface area contributed by atoms with Crippen LogP contribution in [0.15, 0.2) is 18.2 Å². The highest BCUT2D eigenvalue weighted by Gasteiger charge is 2.14. The summed E-state index contributed by atoms with van der Waals surface area (Å²) in [7, 11) is 0. The van der Waals surface area contributed by atoms with E-state index in [0.717, 1.165) is 10.8 Å². The zero-order valence-electron chi connectivity index (χ0n) is 7.77. The van der Waals surface area contributed by atoms with Crippen LogP contribution in [0, 0.1) is 0 Å². The summed E-state index contributed by atoms with van der Waals surface area (Å²) in [4.78, 5) is 0. The molecule has 0 aromatic heterocycles. The van der Waals surface area contributed by atoms with Crippen LogP contribution >= 0.6 is 12.4 Å². The highest BCUT2D eigenvalue weighted by Crippen LogP contribution is 2.34. The number of hydroxylamine groups is 1. The second kappa shape index (κ2) is 4.39. The summed E-state index contributed by atoms with van der Waals surface area (Å²) < 4.78 is 10.3. The summed E-state index contributed by atoms with van der Waals surface area (Å²) in [5.74, 6) is 1.42.